The molecule has 0 spiro atoms. The van der Waals surface area contributed by atoms with Crippen LogP contribution in [0.5, 0.6) is 0 Å². The summed E-state index contributed by atoms with van der Waals surface area (Å²) < 4.78 is 1.84. The number of carbonyl (C=O) groups is 1. The summed E-state index contributed by atoms with van der Waals surface area (Å²) in [6.45, 7) is 4.38. The van der Waals surface area contributed by atoms with Gasteiger partial charge in [0.05, 0.1) is 12.0 Å². The largest absolute Gasteiger partial charge is 0.328 e. The Morgan fingerprint density at radius 2 is 1.79 bits per heavy atom. The number of nitrogens with zero attached hydrogens (tertiary/aromatic N) is 3. The first-order valence-corrected chi connectivity index (χ1v) is 10.2. The average Bonchev–Trinajstić information content (AvgIpc) is 3.21. The Hall–Kier alpha value is -3.21. The number of anilines is 1. The van der Waals surface area contributed by atoms with Crippen molar-refractivity contribution in [1.29, 1.82) is 0 Å². The maximum atomic E-state index is 13.4. The van der Waals surface area contributed by atoms with Gasteiger partial charge in [-0.3, -0.25) is 4.79 Å². The molecular formula is C24H24N4O. The molecule has 2 aromatic carbocycles. The SMILES string of the molecule is CC(C)c1ccc([C@H]2C=C3Nc4ncnn4[C@@H](c4ccccc4)[C@@H]3C(=O)C2)cc1. The fraction of sp³-hybridized carbons (Fsp3) is 0.292. The molecule has 1 aromatic heterocycles. The second-order valence-electron chi connectivity index (χ2n) is 8.21. The third-order valence-electron chi connectivity index (χ3n) is 6.06. The summed E-state index contributed by atoms with van der Waals surface area (Å²) in [6, 6.07) is 18.6. The molecule has 3 atom stereocenters. The van der Waals surface area contributed by atoms with Gasteiger partial charge in [0.15, 0.2) is 0 Å². The highest BCUT2D eigenvalue weighted by Crippen LogP contribution is 2.43. The fourth-order valence-electron chi connectivity index (χ4n) is 4.50. The van der Waals surface area contributed by atoms with Gasteiger partial charge in [0.2, 0.25) is 5.95 Å². The van der Waals surface area contributed by atoms with Gasteiger partial charge in [0.1, 0.15) is 12.1 Å². The van der Waals surface area contributed by atoms with E-state index in [0.29, 0.717) is 18.3 Å². The number of Topliss-reactive ketones (excluding diaryl/α,β-unsaturated/α-hetero) is 1. The number of allylic oxidation sites excluding steroid dienone is 2. The standard InChI is InChI=1S/C24H24N4O/c1-15(2)16-8-10-17(11-9-16)19-12-20-22(21(29)13-19)23(18-6-4-3-5-7-18)28-24(27-20)25-14-26-28/h3-12,14-15,19,22-23H,13H2,1-2H3,(H,25,26,27)/t19-,22-,23-/m0/s1. The molecule has 0 saturated heterocycles. The summed E-state index contributed by atoms with van der Waals surface area (Å²) >= 11 is 0. The zero-order chi connectivity index (χ0) is 20.0. The molecule has 2 heterocycles. The van der Waals surface area contributed by atoms with Crippen molar-refractivity contribution in [3.63, 3.8) is 0 Å². The molecule has 146 valence electrons. The summed E-state index contributed by atoms with van der Waals surface area (Å²) in [5, 5.41) is 7.78. The van der Waals surface area contributed by atoms with Gasteiger partial charge in [-0.1, -0.05) is 74.5 Å². The van der Waals surface area contributed by atoms with Crippen LogP contribution in [0, 0.1) is 5.92 Å². The highest BCUT2D eigenvalue weighted by Gasteiger charge is 2.43. The van der Waals surface area contributed by atoms with Gasteiger partial charge in [0.25, 0.3) is 0 Å². The topological polar surface area (TPSA) is 59.8 Å². The molecule has 3 aromatic rings. The molecular weight excluding hydrogens is 360 g/mol. The van der Waals surface area contributed by atoms with Gasteiger partial charge in [-0.2, -0.15) is 10.1 Å². The minimum absolute atomic E-state index is 0.0772. The lowest BCUT2D eigenvalue weighted by Gasteiger charge is -2.38. The van der Waals surface area contributed by atoms with Crippen LogP contribution in [0.1, 0.15) is 54.8 Å². The van der Waals surface area contributed by atoms with Crippen molar-refractivity contribution in [2.45, 2.75) is 38.1 Å². The fourth-order valence-corrected chi connectivity index (χ4v) is 4.50. The van der Waals surface area contributed by atoms with Crippen molar-refractivity contribution in [3.8, 4) is 0 Å². The van der Waals surface area contributed by atoms with Crippen molar-refractivity contribution in [3.05, 3.63) is 89.4 Å². The van der Waals surface area contributed by atoms with E-state index in [1.165, 1.54) is 11.1 Å². The zero-order valence-corrected chi connectivity index (χ0v) is 16.6. The van der Waals surface area contributed by atoms with Crippen LogP contribution in [0.15, 0.2) is 72.7 Å². The summed E-state index contributed by atoms with van der Waals surface area (Å²) in [5.41, 5.74) is 4.51. The van der Waals surface area contributed by atoms with E-state index >= 15 is 0 Å². The molecule has 5 nitrogen and oxygen atoms in total. The number of carbonyl (C=O) groups excluding carboxylic acids is 1. The lowest BCUT2D eigenvalue weighted by Crippen LogP contribution is -2.40. The van der Waals surface area contributed by atoms with Crippen LogP contribution in [-0.2, 0) is 4.79 Å². The number of aromatic nitrogens is 3. The Morgan fingerprint density at radius 1 is 1.03 bits per heavy atom. The number of rotatable bonds is 3. The number of benzene rings is 2. The van der Waals surface area contributed by atoms with Gasteiger partial charge < -0.3 is 5.32 Å². The van der Waals surface area contributed by atoms with Gasteiger partial charge in [-0.15, -0.1) is 0 Å². The third kappa shape index (κ3) is 3.07. The molecule has 0 fully saturated rings. The second kappa shape index (κ2) is 6.99. The normalized spacial score (nSPS) is 23.2. The predicted molar refractivity (Wildman–Crippen MR) is 113 cm³/mol. The van der Waals surface area contributed by atoms with Crippen LogP contribution in [0.25, 0.3) is 0 Å². The van der Waals surface area contributed by atoms with Crippen molar-refractivity contribution in [2.75, 3.05) is 5.32 Å². The van der Waals surface area contributed by atoms with E-state index in [1.54, 1.807) is 6.33 Å². The van der Waals surface area contributed by atoms with Crippen LogP contribution >= 0.6 is 0 Å². The molecule has 1 N–H and O–H groups in total. The van der Waals surface area contributed by atoms with Crippen LogP contribution in [0.2, 0.25) is 0 Å². The Morgan fingerprint density at radius 3 is 2.52 bits per heavy atom. The maximum absolute atomic E-state index is 13.4. The van der Waals surface area contributed by atoms with Crippen molar-refractivity contribution >= 4 is 11.7 Å². The van der Waals surface area contributed by atoms with Gasteiger partial charge in [0, 0.05) is 18.0 Å². The molecule has 0 bridgehead atoms. The number of hydrogen-bond donors (Lipinski definition) is 1. The molecule has 0 unspecified atom stereocenters. The summed E-state index contributed by atoms with van der Waals surface area (Å²) in [6.07, 6.45) is 4.26. The minimum Gasteiger partial charge on any atom is -0.328 e. The monoisotopic (exact) mass is 384 g/mol. The van der Waals surface area contributed by atoms with E-state index < -0.39 is 0 Å². The van der Waals surface area contributed by atoms with Gasteiger partial charge in [-0.05, 0) is 22.6 Å². The zero-order valence-electron chi connectivity index (χ0n) is 16.6. The average molecular weight is 384 g/mol. The maximum Gasteiger partial charge on any atom is 0.226 e. The highest BCUT2D eigenvalue weighted by molar-refractivity contribution is 5.88. The van der Waals surface area contributed by atoms with Crippen LogP contribution in [0.4, 0.5) is 5.95 Å². The smallest absolute Gasteiger partial charge is 0.226 e. The molecule has 0 amide bonds. The third-order valence-corrected chi connectivity index (χ3v) is 6.06. The van der Waals surface area contributed by atoms with Crippen molar-refractivity contribution in [2.24, 2.45) is 5.92 Å². The molecule has 5 heteroatoms. The molecule has 0 saturated carbocycles. The Balaban J connectivity index is 1.55. The van der Waals surface area contributed by atoms with E-state index in [0.717, 1.165) is 11.3 Å². The molecule has 1 aliphatic heterocycles. The molecule has 1 aliphatic carbocycles. The number of nitrogens with one attached hydrogen (secondary N) is 1. The Kier molecular flexibility index (Phi) is 4.31. The summed E-state index contributed by atoms with van der Waals surface area (Å²) in [5.74, 6) is 1.23. The van der Waals surface area contributed by atoms with E-state index in [-0.39, 0.29) is 23.7 Å². The number of hydrogen-bond acceptors (Lipinski definition) is 4. The predicted octanol–water partition coefficient (Wildman–Crippen LogP) is 4.67. The van der Waals surface area contributed by atoms with Crippen molar-refractivity contribution in [1.82, 2.24) is 14.8 Å². The van der Waals surface area contributed by atoms with Crippen molar-refractivity contribution < 1.29 is 4.79 Å². The van der Waals surface area contributed by atoms with E-state index in [1.807, 2.05) is 22.9 Å². The minimum atomic E-state index is -0.266. The van der Waals surface area contributed by atoms with Crippen LogP contribution < -0.4 is 5.32 Å². The van der Waals surface area contributed by atoms with Gasteiger partial charge >= 0.3 is 0 Å². The molecule has 5 rings (SSSR count). The quantitative estimate of drug-likeness (QED) is 0.713. The Labute approximate surface area is 170 Å². The first kappa shape index (κ1) is 17.9. The van der Waals surface area contributed by atoms with E-state index in [2.05, 4.69) is 71.7 Å². The van der Waals surface area contributed by atoms with E-state index in [9.17, 15) is 4.79 Å². The summed E-state index contributed by atoms with van der Waals surface area (Å²) in [7, 11) is 0. The lowest BCUT2D eigenvalue weighted by atomic mass is 9.75. The first-order chi connectivity index (χ1) is 14.1. The van der Waals surface area contributed by atoms with Gasteiger partial charge in [-0.25, -0.2) is 4.68 Å². The highest BCUT2D eigenvalue weighted by atomic mass is 16.1. The van der Waals surface area contributed by atoms with E-state index in [4.69, 9.17) is 0 Å². The van der Waals surface area contributed by atoms with Crippen LogP contribution in [-0.4, -0.2) is 20.5 Å². The lowest BCUT2D eigenvalue weighted by molar-refractivity contribution is -0.123. The summed E-state index contributed by atoms with van der Waals surface area (Å²) in [4.78, 5) is 17.7. The number of ketones is 1. The molecule has 2 aliphatic rings. The first-order valence-electron chi connectivity index (χ1n) is 10.2. The number of fused-ring (bicyclic) bond motifs is 2. The Bertz CT molecular complexity index is 1070. The van der Waals surface area contributed by atoms with Crippen LogP contribution in [0.3, 0.4) is 0 Å². The second-order valence-corrected chi connectivity index (χ2v) is 8.21. The molecule has 0 radical (unpaired) electrons. The molecule has 29 heavy (non-hydrogen) atoms.